The van der Waals surface area contributed by atoms with Crippen LogP contribution in [0.25, 0.3) is 12.7 Å². The first kappa shape index (κ1) is 15.4. The van der Waals surface area contributed by atoms with E-state index in [0.717, 1.165) is 36.8 Å². The monoisotopic (exact) mass is 291 g/mol. The maximum atomic E-state index is 5.01. The van der Waals surface area contributed by atoms with Gasteiger partial charge in [-0.2, -0.15) is 0 Å². The molecule has 0 aliphatic carbocycles. The quantitative estimate of drug-likeness (QED) is 0.763. The van der Waals surface area contributed by atoms with Gasteiger partial charge in [0, 0.05) is 30.7 Å². The number of pyridine rings is 1. The molecular formula is C16H25N3S. The van der Waals surface area contributed by atoms with Gasteiger partial charge >= 0.3 is 0 Å². The smallest absolute Gasteiger partial charge is 0.135 e. The normalized spacial score (nSPS) is 19.8. The summed E-state index contributed by atoms with van der Waals surface area (Å²) in [6.45, 7) is 10.6. The van der Waals surface area contributed by atoms with E-state index in [1.54, 1.807) is 0 Å². The molecule has 3 nitrogen and oxygen atoms in total. The van der Waals surface area contributed by atoms with Gasteiger partial charge in [-0.15, -0.1) is 0 Å². The van der Waals surface area contributed by atoms with Gasteiger partial charge in [-0.3, -0.25) is 9.30 Å². The highest BCUT2D eigenvalue weighted by Crippen LogP contribution is 2.17. The van der Waals surface area contributed by atoms with Gasteiger partial charge in [-0.05, 0) is 44.6 Å². The minimum absolute atomic E-state index is 0.436. The van der Waals surface area contributed by atoms with Crippen LogP contribution in [0.3, 0.4) is 0 Å². The number of aryl methyl sites for hydroxylation is 1. The summed E-state index contributed by atoms with van der Waals surface area (Å²) >= 11 is 1.84. The van der Waals surface area contributed by atoms with Crippen molar-refractivity contribution < 1.29 is 0 Å². The van der Waals surface area contributed by atoms with E-state index in [2.05, 4.69) is 54.7 Å². The molecule has 0 radical (unpaired) electrons. The van der Waals surface area contributed by atoms with Crippen molar-refractivity contribution in [3.63, 3.8) is 0 Å². The van der Waals surface area contributed by atoms with Crippen LogP contribution in [0.1, 0.15) is 25.3 Å². The van der Waals surface area contributed by atoms with Crippen LogP contribution in [0.2, 0.25) is 0 Å². The van der Waals surface area contributed by atoms with Crippen molar-refractivity contribution in [2.24, 2.45) is 12.0 Å². The summed E-state index contributed by atoms with van der Waals surface area (Å²) in [5, 5.41) is 2.26. The van der Waals surface area contributed by atoms with Crippen molar-refractivity contribution in [1.82, 2.24) is 8.87 Å². The summed E-state index contributed by atoms with van der Waals surface area (Å²) in [4.78, 5) is 5.01. The molecule has 1 aliphatic heterocycles. The van der Waals surface area contributed by atoms with E-state index in [1.165, 1.54) is 10.8 Å². The first-order valence-corrected chi connectivity index (χ1v) is 8.39. The molecular weight excluding hydrogens is 266 g/mol. The van der Waals surface area contributed by atoms with Crippen LogP contribution in [-0.4, -0.2) is 34.3 Å². The van der Waals surface area contributed by atoms with Crippen molar-refractivity contribution in [3.8, 4) is 0 Å². The SMILES string of the molecule is C=c1c(C)c/c(=C/C)c(=NC2CCN(SC)CC2)n1C. The number of nitrogens with zero attached hydrogens (tertiary/aromatic N) is 3. The van der Waals surface area contributed by atoms with Crippen molar-refractivity contribution in [2.75, 3.05) is 19.3 Å². The maximum Gasteiger partial charge on any atom is 0.135 e. The topological polar surface area (TPSA) is 20.5 Å². The second-order valence-corrected chi connectivity index (χ2v) is 6.25. The highest BCUT2D eigenvalue weighted by Gasteiger charge is 2.17. The Bertz CT molecular complexity index is 637. The van der Waals surface area contributed by atoms with E-state index in [1.807, 2.05) is 11.9 Å². The lowest BCUT2D eigenvalue weighted by molar-refractivity contribution is 0.343. The maximum absolute atomic E-state index is 5.01. The summed E-state index contributed by atoms with van der Waals surface area (Å²) in [5.74, 6) is 0. The molecule has 110 valence electrons. The predicted molar refractivity (Wildman–Crippen MR) is 88.7 cm³/mol. The second-order valence-electron chi connectivity index (χ2n) is 5.37. The van der Waals surface area contributed by atoms with E-state index in [0.29, 0.717) is 6.04 Å². The molecule has 0 unspecified atom stereocenters. The van der Waals surface area contributed by atoms with E-state index < -0.39 is 0 Å². The molecule has 1 fully saturated rings. The van der Waals surface area contributed by atoms with Gasteiger partial charge in [-0.1, -0.05) is 24.6 Å². The molecule has 0 bridgehead atoms. The fourth-order valence-electron chi connectivity index (χ4n) is 2.67. The van der Waals surface area contributed by atoms with Gasteiger partial charge in [0.25, 0.3) is 0 Å². The van der Waals surface area contributed by atoms with Crippen LogP contribution in [0, 0.1) is 6.92 Å². The lowest BCUT2D eigenvalue weighted by atomic mass is 10.1. The molecule has 4 heteroatoms. The van der Waals surface area contributed by atoms with E-state index in [9.17, 15) is 0 Å². The molecule has 20 heavy (non-hydrogen) atoms. The van der Waals surface area contributed by atoms with Gasteiger partial charge < -0.3 is 4.57 Å². The largest absolute Gasteiger partial charge is 0.330 e. The molecule has 0 amide bonds. The highest BCUT2D eigenvalue weighted by molar-refractivity contribution is 7.96. The average Bonchev–Trinajstić information content (AvgIpc) is 2.48. The molecule has 0 aromatic carbocycles. The number of hydrogen-bond acceptors (Lipinski definition) is 3. The second kappa shape index (κ2) is 6.64. The number of rotatable bonds is 2. The van der Waals surface area contributed by atoms with E-state index in [4.69, 9.17) is 4.99 Å². The Kier molecular flexibility index (Phi) is 5.11. The van der Waals surface area contributed by atoms with Crippen LogP contribution in [0.5, 0.6) is 0 Å². The first-order chi connectivity index (χ1) is 9.56. The Morgan fingerprint density at radius 3 is 2.60 bits per heavy atom. The van der Waals surface area contributed by atoms with Crippen molar-refractivity contribution in [3.05, 3.63) is 27.7 Å². The van der Waals surface area contributed by atoms with Crippen LogP contribution in [0.15, 0.2) is 11.1 Å². The zero-order valence-corrected chi connectivity index (χ0v) is 13.8. The van der Waals surface area contributed by atoms with Crippen molar-refractivity contribution in [1.29, 1.82) is 0 Å². The molecule has 0 spiro atoms. The molecule has 0 atom stereocenters. The van der Waals surface area contributed by atoms with Gasteiger partial charge in [0.2, 0.25) is 0 Å². The summed E-state index contributed by atoms with van der Waals surface area (Å²) in [6.07, 6.45) is 6.58. The summed E-state index contributed by atoms with van der Waals surface area (Å²) in [7, 11) is 2.07. The molecule has 2 heterocycles. The molecule has 1 aromatic heterocycles. The standard InChI is InChI=1S/C16H25N3S/c1-6-14-11-12(2)13(3)18(4)16(14)17-15-7-9-19(20-5)10-8-15/h6,11,15H,3,7-10H2,1-2,4-5H3/b14-6-,17-16?. The van der Waals surface area contributed by atoms with Gasteiger partial charge in [0.15, 0.2) is 0 Å². The third-order valence-corrected chi connectivity index (χ3v) is 4.99. The molecule has 1 aromatic rings. The lowest BCUT2D eigenvalue weighted by Gasteiger charge is -2.27. The Balaban J connectivity index is 2.41. The number of hydrogen-bond donors (Lipinski definition) is 0. The predicted octanol–water partition coefficient (Wildman–Crippen LogP) is 1.19. The number of piperidine rings is 1. The number of aromatic nitrogens is 1. The van der Waals surface area contributed by atoms with Crippen LogP contribution >= 0.6 is 11.9 Å². The van der Waals surface area contributed by atoms with Gasteiger partial charge in [0.1, 0.15) is 5.49 Å². The van der Waals surface area contributed by atoms with Crippen LogP contribution in [0.4, 0.5) is 0 Å². The Morgan fingerprint density at radius 2 is 2.05 bits per heavy atom. The fraction of sp³-hybridized carbons (Fsp3) is 0.562. The third-order valence-electron chi connectivity index (χ3n) is 4.11. The van der Waals surface area contributed by atoms with Gasteiger partial charge in [0.05, 0.1) is 6.04 Å². The zero-order chi connectivity index (χ0) is 14.7. The Morgan fingerprint density at radius 1 is 1.40 bits per heavy atom. The minimum Gasteiger partial charge on any atom is -0.330 e. The van der Waals surface area contributed by atoms with Gasteiger partial charge in [-0.25, -0.2) is 0 Å². The third kappa shape index (κ3) is 3.18. The Labute approximate surface area is 125 Å². The van der Waals surface area contributed by atoms with Crippen molar-refractivity contribution >= 4 is 24.6 Å². The summed E-state index contributed by atoms with van der Waals surface area (Å²) in [5.41, 5.74) is 2.29. The summed E-state index contributed by atoms with van der Waals surface area (Å²) in [6, 6.07) is 2.63. The lowest BCUT2D eigenvalue weighted by Crippen LogP contribution is -2.44. The molecule has 1 saturated heterocycles. The molecule has 1 aliphatic rings. The van der Waals surface area contributed by atoms with Crippen LogP contribution in [-0.2, 0) is 7.05 Å². The highest BCUT2D eigenvalue weighted by atomic mass is 32.2. The summed E-state index contributed by atoms with van der Waals surface area (Å²) < 4.78 is 4.55. The molecule has 0 saturated carbocycles. The first-order valence-electron chi connectivity index (χ1n) is 7.21. The fourth-order valence-corrected chi connectivity index (χ4v) is 3.24. The zero-order valence-electron chi connectivity index (χ0n) is 13.0. The van der Waals surface area contributed by atoms with Crippen LogP contribution < -0.4 is 16.1 Å². The van der Waals surface area contributed by atoms with E-state index >= 15 is 0 Å². The molecule has 0 N–H and O–H groups in total. The average molecular weight is 291 g/mol. The van der Waals surface area contributed by atoms with E-state index in [-0.39, 0.29) is 0 Å². The van der Waals surface area contributed by atoms with Crippen molar-refractivity contribution in [2.45, 2.75) is 32.7 Å². The minimum atomic E-state index is 0.436. The Hall–Kier alpha value is -1.00. The molecule has 2 rings (SSSR count).